The van der Waals surface area contributed by atoms with Crippen molar-refractivity contribution in [1.29, 1.82) is 0 Å². The van der Waals surface area contributed by atoms with Crippen LogP contribution in [0, 0.1) is 13.8 Å². The van der Waals surface area contributed by atoms with E-state index in [4.69, 9.17) is 16.3 Å². The highest BCUT2D eigenvalue weighted by Gasteiger charge is 2.21. The maximum atomic E-state index is 11.4. The first kappa shape index (κ1) is 15.4. The van der Waals surface area contributed by atoms with Crippen LogP contribution >= 0.6 is 11.6 Å². The van der Waals surface area contributed by atoms with E-state index < -0.39 is 11.9 Å². The molecule has 2 aromatic carbocycles. The average molecular weight is 305 g/mol. The van der Waals surface area contributed by atoms with Crippen LogP contribution in [0.15, 0.2) is 42.5 Å². The van der Waals surface area contributed by atoms with Crippen molar-refractivity contribution >= 4 is 17.6 Å². The molecule has 2 rings (SSSR count). The average Bonchev–Trinajstić information content (AvgIpc) is 2.42. The van der Waals surface area contributed by atoms with Crippen LogP contribution in [0.5, 0.6) is 5.75 Å². The monoisotopic (exact) mass is 304 g/mol. The quantitative estimate of drug-likeness (QED) is 0.900. The number of carbonyl (C=O) groups is 1. The van der Waals surface area contributed by atoms with Crippen LogP contribution in [-0.2, 0) is 4.79 Å². The Balaban J connectivity index is 2.19. The molecule has 3 nitrogen and oxygen atoms in total. The van der Waals surface area contributed by atoms with Gasteiger partial charge in [-0.15, -0.1) is 0 Å². The first-order valence-corrected chi connectivity index (χ1v) is 7.04. The second kappa shape index (κ2) is 6.64. The zero-order valence-electron chi connectivity index (χ0n) is 12.0. The molecular formula is C17H17ClO3. The van der Waals surface area contributed by atoms with E-state index in [0.29, 0.717) is 10.8 Å². The molecule has 0 aromatic heterocycles. The molecule has 21 heavy (non-hydrogen) atoms. The molecule has 0 amide bonds. The van der Waals surface area contributed by atoms with Crippen molar-refractivity contribution in [3.8, 4) is 5.75 Å². The Morgan fingerprint density at radius 1 is 1.19 bits per heavy atom. The predicted molar refractivity (Wildman–Crippen MR) is 83.2 cm³/mol. The molecule has 0 fully saturated rings. The van der Waals surface area contributed by atoms with Crippen LogP contribution in [0.1, 0.15) is 22.6 Å². The van der Waals surface area contributed by atoms with Crippen molar-refractivity contribution in [1.82, 2.24) is 0 Å². The van der Waals surface area contributed by atoms with E-state index in [0.717, 1.165) is 16.7 Å². The van der Waals surface area contributed by atoms with E-state index in [9.17, 15) is 9.90 Å². The molecule has 0 saturated carbocycles. The van der Waals surface area contributed by atoms with Crippen molar-refractivity contribution in [2.75, 3.05) is 6.61 Å². The highest BCUT2D eigenvalue weighted by Crippen LogP contribution is 2.28. The molecule has 0 aliphatic rings. The van der Waals surface area contributed by atoms with Gasteiger partial charge in [0.05, 0.1) is 0 Å². The molecule has 2 aromatic rings. The topological polar surface area (TPSA) is 46.5 Å². The van der Waals surface area contributed by atoms with Gasteiger partial charge in [0.2, 0.25) is 0 Å². The smallest absolute Gasteiger partial charge is 0.314 e. The van der Waals surface area contributed by atoms with E-state index in [1.54, 1.807) is 12.1 Å². The van der Waals surface area contributed by atoms with Gasteiger partial charge in [-0.2, -0.15) is 0 Å². The van der Waals surface area contributed by atoms with Crippen molar-refractivity contribution in [2.45, 2.75) is 19.8 Å². The SMILES string of the molecule is Cc1cc(Cl)cc(C)c1OCC(C(=O)O)c1ccccc1. The van der Waals surface area contributed by atoms with Gasteiger partial charge >= 0.3 is 5.97 Å². The van der Waals surface area contributed by atoms with E-state index >= 15 is 0 Å². The third kappa shape index (κ3) is 3.76. The number of aliphatic carboxylic acids is 1. The van der Waals surface area contributed by atoms with Gasteiger partial charge in [0, 0.05) is 5.02 Å². The third-order valence-electron chi connectivity index (χ3n) is 3.32. The lowest BCUT2D eigenvalue weighted by atomic mass is 10.0. The normalized spacial score (nSPS) is 12.0. The molecule has 1 N–H and O–H groups in total. The Bertz CT molecular complexity index is 615. The zero-order valence-corrected chi connectivity index (χ0v) is 12.7. The minimum atomic E-state index is -0.898. The second-order valence-electron chi connectivity index (χ2n) is 4.98. The first-order chi connectivity index (χ1) is 9.99. The Morgan fingerprint density at radius 3 is 2.29 bits per heavy atom. The lowest BCUT2D eigenvalue weighted by molar-refractivity contribution is -0.139. The molecule has 0 spiro atoms. The van der Waals surface area contributed by atoms with Crippen LogP contribution in [0.4, 0.5) is 0 Å². The van der Waals surface area contributed by atoms with Gasteiger partial charge in [0.1, 0.15) is 18.3 Å². The van der Waals surface area contributed by atoms with E-state index in [2.05, 4.69) is 0 Å². The minimum absolute atomic E-state index is 0.0860. The van der Waals surface area contributed by atoms with Gasteiger partial charge < -0.3 is 9.84 Å². The minimum Gasteiger partial charge on any atom is -0.492 e. The summed E-state index contributed by atoms with van der Waals surface area (Å²) in [6.07, 6.45) is 0. The van der Waals surface area contributed by atoms with Crippen LogP contribution in [-0.4, -0.2) is 17.7 Å². The molecule has 1 unspecified atom stereocenters. The summed E-state index contributed by atoms with van der Waals surface area (Å²) in [5, 5.41) is 10.0. The second-order valence-corrected chi connectivity index (χ2v) is 5.42. The lowest BCUT2D eigenvalue weighted by Crippen LogP contribution is -2.20. The summed E-state index contributed by atoms with van der Waals surface area (Å²) in [5.41, 5.74) is 2.53. The number of hydrogen-bond donors (Lipinski definition) is 1. The summed E-state index contributed by atoms with van der Waals surface area (Å²) in [6, 6.07) is 12.7. The fourth-order valence-corrected chi connectivity index (χ4v) is 2.61. The van der Waals surface area contributed by atoms with Gasteiger partial charge in [-0.3, -0.25) is 4.79 Å². The molecule has 1 atom stereocenters. The molecule has 0 heterocycles. The molecule has 4 heteroatoms. The highest BCUT2D eigenvalue weighted by atomic mass is 35.5. The number of rotatable bonds is 5. The summed E-state index contributed by atoms with van der Waals surface area (Å²) in [7, 11) is 0. The molecule has 0 radical (unpaired) electrons. The Hall–Kier alpha value is -2.00. The summed E-state index contributed by atoms with van der Waals surface area (Å²) in [6.45, 7) is 3.88. The number of aryl methyl sites for hydroxylation is 2. The predicted octanol–water partition coefficient (Wildman–Crippen LogP) is 4.20. The Labute approximate surface area is 129 Å². The maximum Gasteiger partial charge on any atom is 0.314 e. The van der Waals surface area contributed by atoms with E-state index in [1.165, 1.54) is 0 Å². The Morgan fingerprint density at radius 2 is 1.76 bits per heavy atom. The third-order valence-corrected chi connectivity index (χ3v) is 3.54. The maximum absolute atomic E-state index is 11.4. The fourth-order valence-electron chi connectivity index (χ4n) is 2.29. The number of halogens is 1. The van der Waals surface area contributed by atoms with Gasteiger partial charge in [-0.1, -0.05) is 41.9 Å². The van der Waals surface area contributed by atoms with Crippen LogP contribution < -0.4 is 4.74 Å². The number of hydrogen-bond acceptors (Lipinski definition) is 2. The number of benzene rings is 2. The zero-order chi connectivity index (χ0) is 15.4. The van der Waals surface area contributed by atoms with E-state index in [1.807, 2.05) is 44.2 Å². The van der Waals surface area contributed by atoms with Crippen LogP contribution in [0.3, 0.4) is 0 Å². The molecule has 0 aliphatic heterocycles. The van der Waals surface area contributed by atoms with Gasteiger partial charge in [-0.05, 0) is 42.7 Å². The van der Waals surface area contributed by atoms with Crippen molar-refractivity contribution in [3.63, 3.8) is 0 Å². The van der Waals surface area contributed by atoms with Crippen molar-refractivity contribution in [3.05, 3.63) is 64.2 Å². The summed E-state index contributed by atoms with van der Waals surface area (Å²) in [4.78, 5) is 11.4. The highest BCUT2D eigenvalue weighted by molar-refractivity contribution is 6.30. The van der Waals surface area contributed by atoms with Gasteiger partial charge in [0.25, 0.3) is 0 Å². The van der Waals surface area contributed by atoms with Crippen LogP contribution in [0.25, 0.3) is 0 Å². The summed E-state index contributed by atoms with van der Waals surface area (Å²) < 4.78 is 5.76. The number of carboxylic acids is 1. The number of ether oxygens (including phenoxy) is 1. The molecule has 0 bridgehead atoms. The molecule has 110 valence electrons. The Kier molecular flexibility index (Phi) is 4.86. The van der Waals surface area contributed by atoms with Crippen molar-refractivity contribution in [2.24, 2.45) is 0 Å². The largest absolute Gasteiger partial charge is 0.492 e. The van der Waals surface area contributed by atoms with Crippen molar-refractivity contribution < 1.29 is 14.6 Å². The van der Waals surface area contributed by atoms with Gasteiger partial charge in [0.15, 0.2) is 0 Å². The molecular weight excluding hydrogens is 288 g/mol. The summed E-state index contributed by atoms with van der Waals surface area (Å²) in [5.74, 6) is -0.896. The van der Waals surface area contributed by atoms with E-state index in [-0.39, 0.29) is 6.61 Å². The fraction of sp³-hybridized carbons (Fsp3) is 0.235. The van der Waals surface area contributed by atoms with Crippen LogP contribution in [0.2, 0.25) is 5.02 Å². The summed E-state index contributed by atoms with van der Waals surface area (Å²) >= 11 is 5.98. The molecule has 0 saturated heterocycles. The molecule has 0 aliphatic carbocycles. The first-order valence-electron chi connectivity index (χ1n) is 6.66. The standard InChI is InChI=1S/C17H17ClO3/c1-11-8-14(18)9-12(2)16(11)21-10-15(17(19)20)13-6-4-3-5-7-13/h3-9,15H,10H2,1-2H3,(H,19,20). The number of carboxylic acid groups (broad SMARTS) is 1. The lowest BCUT2D eigenvalue weighted by Gasteiger charge is -2.17. The van der Waals surface area contributed by atoms with Gasteiger partial charge in [-0.25, -0.2) is 0 Å².